The number of amides is 1. The zero-order chi connectivity index (χ0) is 21.0. The molecule has 1 heterocycles. The maximum atomic E-state index is 13.3. The van der Waals surface area contributed by atoms with Crippen molar-refractivity contribution in [3.63, 3.8) is 0 Å². The number of nitro groups is 1. The highest BCUT2D eigenvalue weighted by atomic mass is 32.2. The molecule has 1 aromatic heterocycles. The topological polar surface area (TPSA) is 85.1 Å². The number of nitrogens with zero attached hydrogens (tertiary/aromatic N) is 2. The van der Waals surface area contributed by atoms with Gasteiger partial charge in [-0.25, -0.2) is 4.98 Å². The van der Waals surface area contributed by atoms with E-state index >= 15 is 0 Å². The Kier molecular flexibility index (Phi) is 4.98. The van der Waals surface area contributed by atoms with Crippen molar-refractivity contribution < 1.29 is 9.72 Å². The molecule has 2 aliphatic carbocycles. The minimum absolute atomic E-state index is 0.0494. The molecule has 3 atom stereocenters. The van der Waals surface area contributed by atoms with Gasteiger partial charge in [0.15, 0.2) is 4.34 Å². The fourth-order valence-electron chi connectivity index (χ4n) is 5.03. The van der Waals surface area contributed by atoms with Crippen LogP contribution in [-0.2, 0) is 0 Å². The smallest absolute Gasteiger partial charge is 0.270 e. The molecule has 0 radical (unpaired) electrons. The van der Waals surface area contributed by atoms with E-state index in [0.29, 0.717) is 16.4 Å². The fourth-order valence-corrected chi connectivity index (χ4v) is 6.93. The molecule has 29 heavy (non-hydrogen) atoms. The normalized spacial score (nSPS) is 27.2. The second-order valence-electron chi connectivity index (χ2n) is 8.93. The molecule has 2 bridgehead atoms. The third-order valence-electron chi connectivity index (χ3n) is 7.31. The lowest BCUT2D eigenvalue weighted by atomic mass is 9.69. The first kappa shape index (κ1) is 20.3. The molecule has 1 N–H and O–H groups in total. The molecule has 1 amide bonds. The Labute approximate surface area is 178 Å². The van der Waals surface area contributed by atoms with E-state index in [1.807, 2.05) is 12.3 Å². The molecule has 1 aromatic carbocycles. The van der Waals surface area contributed by atoms with Crippen molar-refractivity contribution in [2.75, 3.05) is 0 Å². The van der Waals surface area contributed by atoms with E-state index in [4.69, 9.17) is 0 Å². The Morgan fingerprint density at radius 2 is 2.14 bits per heavy atom. The summed E-state index contributed by atoms with van der Waals surface area (Å²) in [5, 5.41) is 16.5. The summed E-state index contributed by atoms with van der Waals surface area (Å²) in [6.07, 6.45) is 3.28. The van der Waals surface area contributed by atoms with E-state index in [2.05, 4.69) is 31.1 Å². The van der Waals surface area contributed by atoms with Gasteiger partial charge in [0.25, 0.3) is 11.6 Å². The molecule has 6 nitrogen and oxygen atoms in total. The van der Waals surface area contributed by atoms with E-state index in [-0.39, 0.29) is 28.5 Å². The molecule has 4 rings (SSSR count). The van der Waals surface area contributed by atoms with E-state index in [1.165, 1.54) is 41.7 Å². The number of hydrogen-bond donors (Lipinski definition) is 1. The van der Waals surface area contributed by atoms with Gasteiger partial charge in [0.05, 0.1) is 10.5 Å². The molecular formula is C21H25N3O3S2. The van der Waals surface area contributed by atoms with Gasteiger partial charge in [-0.1, -0.05) is 32.5 Å². The average molecular weight is 432 g/mol. The standard InChI is InChI=1S/C21H25N3O3S2/c1-12-11-28-19(22-12)29-16-6-5-14(24(26)27)10-15(16)18(25)23-17-9-13-7-8-21(17,4)20(13,2)3/h5-6,10-11,13,17H,7-9H2,1-4H3,(H,23,25)/t13-,17-,21-/m1/s1. The van der Waals surface area contributed by atoms with Crippen LogP contribution in [0.2, 0.25) is 0 Å². The Bertz CT molecular complexity index is 987. The lowest BCUT2D eigenvalue weighted by molar-refractivity contribution is -0.384. The predicted octanol–water partition coefficient (Wildman–Crippen LogP) is 5.46. The van der Waals surface area contributed by atoms with Crippen molar-refractivity contribution in [1.82, 2.24) is 10.3 Å². The highest BCUT2D eigenvalue weighted by Gasteiger charge is 2.61. The van der Waals surface area contributed by atoms with E-state index in [0.717, 1.165) is 22.9 Å². The van der Waals surface area contributed by atoms with Crippen molar-refractivity contribution in [1.29, 1.82) is 0 Å². The second-order valence-corrected chi connectivity index (χ2v) is 11.1. The molecular weight excluding hydrogens is 406 g/mol. The van der Waals surface area contributed by atoms with Crippen LogP contribution in [0.25, 0.3) is 0 Å². The molecule has 2 aliphatic rings. The number of aryl methyl sites for hydroxylation is 1. The molecule has 0 unspecified atom stereocenters. The van der Waals surface area contributed by atoms with Crippen LogP contribution in [0, 0.1) is 33.8 Å². The average Bonchev–Trinajstić information content (AvgIpc) is 3.22. The number of carbonyl (C=O) groups excluding carboxylic acids is 1. The van der Waals surface area contributed by atoms with E-state index < -0.39 is 4.92 Å². The second kappa shape index (κ2) is 7.09. The Hall–Kier alpha value is -1.93. The number of nitro benzene ring substituents is 1. The largest absolute Gasteiger partial charge is 0.349 e. The van der Waals surface area contributed by atoms with Gasteiger partial charge in [0.2, 0.25) is 0 Å². The molecule has 0 spiro atoms. The minimum atomic E-state index is -0.458. The highest BCUT2D eigenvalue weighted by Crippen LogP contribution is 2.65. The zero-order valence-electron chi connectivity index (χ0n) is 17.0. The van der Waals surface area contributed by atoms with Crippen molar-refractivity contribution in [3.05, 3.63) is 45.0 Å². The number of hydrogen-bond acceptors (Lipinski definition) is 6. The van der Waals surface area contributed by atoms with Crippen molar-refractivity contribution >= 4 is 34.7 Å². The summed E-state index contributed by atoms with van der Waals surface area (Å²) in [7, 11) is 0. The number of fused-ring (bicyclic) bond motifs is 2. The van der Waals surface area contributed by atoms with Crippen LogP contribution in [0.15, 0.2) is 32.8 Å². The van der Waals surface area contributed by atoms with Crippen molar-refractivity contribution in [2.45, 2.75) is 62.2 Å². The summed E-state index contributed by atoms with van der Waals surface area (Å²) in [4.78, 5) is 29.2. The van der Waals surface area contributed by atoms with Crippen molar-refractivity contribution in [2.24, 2.45) is 16.7 Å². The van der Waals surface area contributed by atoms with Crippen LogP contribution >= 0.6 is 23.1 Å². The number of carbonyl (C=O) groups is 1. The Morgan fingerprint density at radius 3 is 2.69 bits per heavy atom. The zero-order valence-corrected chi connectivity index (χ0v) is 18.7. The van der Waals surface area contributed by atoms with Gasteiger partial charge >= 0.3 is 0 Å². The third-order valence-corrected chi connectivity index (χ3v) is 9.45. The molecule has 0 saturated heterocycles. The molecule has 2 saturated carbocycles. The minimum Gasteiger partial charge on any atom is -0.349 e. The summed E-state index contributed by atoms with van der Waals surface area (Å²) in [5.41, 5.74) is 1.43. The van der Waals surface area contributed by atoms with Gasteiger partial charge in [0.1, 0.15) is 0 Å². The van der Waals surface area contributed by atoms with Gasteiger partial charge in [-0.15, -0.1) is 11.3 Å². The maximum Gasteiger partial charge on any atom is 0.270 e. The van der Waals surface area contributed by atoms with Crippen molar-refractivity contribution in [3.8, 4) is 0 Å². The number of benzene rings is 1. The molecule has 0 aliphatic heterocycles. The molecule has 154 valence electrons. The van der Waals surface area contributed by atoms with Gasteiger partial charge < -0.3 is 5.32 Å². The van der Waals surface area contributed by atoms with Gasteiger partial charge in [0, 0.05) is 34.1 Å². The quantitative estimate of drug-likeness (QED) is 0.502. The Balaban J connectivity index is 1.63. The van der Waals surface area contributed by atoms with Crippen LogP contribution in [0.4, 0.5) is 5.69 Å². The number of rotatable bonds is 5. The first-order chi connectivity index (χ1) is 13.6. The van der Waals surface area contributed by atoms with E-state index in [9.17, 15) is 14.9 Å². The van der Waals surface area contributed by atoms with Crippen LogP contribution in [0.5, 0.6) is 0 Å². The summed E-state index contributed by atoms with van der Waals surface area (Å²) < 4.78 is 0.818. The highest BCUT2D eigenvalue weighted by molar-refractivity contribution is 8.01. The number of thiazole rings is 1. The van der Waals surface area contributed by atoms with Crippen LogP contribution in [0.1, 0.15) is 56.1 Å². The summed E-state index contributed by atoms with van der Waals surface area (Å²) in [5.74, 6) is 0.370. The number of aromatic nitrogens is 1. The van der Waals surface area contributed by atoms with E-state index in [1.54, 1.807) is 6.07 Å². The predicted molar refractivity (Wildman–Crippen MR) is 115 cm³/mol. The number of non-ortho nitro benzene ring substituents is 1. The monoisotopic (exact) mass is 431 g/mol. The first-order valence-corrected chi connectivity index (χ1v) is 11.5. The van der Waals surface area contributed by atoms with Crippen LogP contribution in [0.3, 0.4) is 0 Å². The van der Waals surface area contributed by atoms with Crippen LogP contribution < -0.4 is 5.32 Å². The SMILES string of the molecule is Cc1csc(Sc2ccc([N+](=O)[O-])cc2C(=O)N[C@@H]2C[C@H]3CC[C@@]2(C)C3(C)C)n1. The summed E-state index contributed by atoms with van der Waals surface area (Å²) in [6.45, 7) is 8.79. The molecule has 8 heteroatoms. The summed E-state index contributed by atoms with van der Waals surface area (Å²) in [6, 6.07) is 4.57. The lowest BCUT2D eigenvalue weighted by Gasteiger charge is -2.39. The molecule has 2 fully saturated rings. The van der Waals surface area contributed by atoms with Crippen LogP contribution in [-0.4, -0.2) is 21.9 Å². The van der Waals surface area contributed by atoms with Gasteiger partial charge in [-0.3, -0.25) is 14.9 Å². The van der Waals surface area contributed by atoms with Gasteiger partial charge in [-0.05, 0) is 49.0 Å². The van der Waals surface area contributed by atoms with Gasteiger partial charge in [-0.2, -0.15) is 0 Å². The fraction of sp³-hybridized carbons (Fsp3) is 0.524. The molecule has 2 aromatic rings. The number of nitrogens with one attached hydrogen (secondary N) is 1. The maximum absolute atomic E-state index is 13.3. The first-order valence-electron chi connectivity index (χ1n) is 9.81. The lowest BCUT2D eigenvalue weighted by Crippen LogP contribution is -2.47. The summed E-state index contributed by atoms with van der Waals surface area (Å²) >= 11 is 2.88. The Morgan fingerprint density at radius 1 is 1.38 bits per heavy atom. The third kappa shape index (κ3) is 3.36.